The zero-order valence-corrected chi connectivity index (χ0v) is 19.8. The van der Waals surface area contributed by atoms with Crippen LogP contribution in [0, 0.1) is 6.92 Å². The summed E-state index contributed by atoms with van der Waals surface area (Å²) >= 11 is 0. The maximum atomic E-state index is 13.5. The second-order valence-corrected chi connectivity index (χ2v) is 8.75. The van der Waals surface area contributed by atoms with Crippen LogP contribution in [0.15, 0.2) is 128 Å². The van der Waals surface area contributed by atoms with Crippen molar-refractivity contribution in [1.29, 1.82) is 0 Å². The molecule has 5 aromatic rings. The molecular formula is C32H28N2O. The molecule has 0 bridgehead atoms. The summed E-state index contributed by atoms with van der Waals surface area (Å²) in [5.41, 5.74) is 7.09. The summed E-state index contributed by atoms with van der Waals surface area (Å²) in [5, 5.41) is 0. The number of hydrogen-bond donors (Lipinski definition) is 0. The van der Waals surface area contributed by atoms with Gasteiger partial charge in [0, 0.05) is 36.6 Å². The van der Waals surface area contributed by atoms with Crippen molar-refractivity contribution >= 4 is 11.4 Å². The van der Waals surface area contributed by atoms with Crippen LogP contribution in [0.1, 0.15) is 38.4 Å². The first-order chi connectivity index (χ1) is 17.2. The molecule has 5 rings (SSSR count). The van der Waals surface area contributed by atoms with Gasteiger partial charge >= 0.3 is 0 Å². The predicted molar refractivity (Wildman–Crippen MR) is 143 cm³/mol. The zero-order valence-electron chi connectivity index (χ0n) is 19.8. The van der Waals surface area contributed by atoms with Gasteiger partial charge in [-0.2, -0.15) is 0 Å². The van der Waals surface area contributed by atoms with Crippen LogP contribution in [-0.4, -0.2) is 14.9 Å². The summed E-state index contributed by atoms with van der Waals surface area (Å²) in [4.78, 5) is 13.5. The fourth-order valence-corrected chi connectivity index (χ4v) is 4.49. The van der Waals surface area contributed by atoms with Crippen LogP contribution in [0.4, 0.5) is 0 Å². The molecule has 0 aliphatic heterocycles. The first kappa shape index (κ1) is 22.4. The molecule has 0 aliphatic rings. The minimum Gasteiger partial charge on any atom is -0.343 e. The van der Waals surface area contributed by atoms with Gasteiger partial charge in [-0.15, -0.1) is 0 Å². The van der Waals surface area contributed by atoms with Gasteiger partial charge in [0.25, 0.3) is 0 Å². The zero-order chi connectivity index (χ0) is 24.0. The summed E-state index contributed by atoms with van der Waals surface area (Å²) in [7, 11) is 0. The molecule has 0 atom stereocenters. The van der Waals surface area contributed by atoms with Gasteiger partial charge in [0.05, 0.1) is 11.4 Å². The Labute approximate surface area is 206 Å². The number of benzene rings is 3. The third kappa shape index (κ3) is 5.10. The molecule has 0 fully saturated rings. The highest BCUT2D eigenvalue weighted by molar-refractivity contribution is 6.10. The minimum absolute atomic E-state index is 0.0121. The highest BCUT2D eigenvalue weighted by Gasteiger charge is 2.17. The number of ketones is 1. The van der Waals surface area contributed by atoms with Gasteiger partial charge in [0.15, 0.2) is 5.78 Å². The third-order valence-corrected chi connectivity index (χ3v) is 6.29. The lowest BCUT2D eigenvalue weighted by Crippen LogP contribution is -2.09. The van der Waals surface area contributed by atoms with Gasteiger partial charge in [-0.05, 0) is 54.0 Å². The number of carbonyl (C=O) groups is 1. The average molecular weight is 457 g/mol. The molecule has 0 saturated carbocycles. The van der Waals surface area contributed by atoms with Crippen molar-refractivity contribution in [3.8, 4) is 0 Å². The maximum Gasteiger partial charge on any atom is 0.186 e. The topological polar surface area (TPSA) is 26.9 Å². The molecule has 0 unspecified atom stereocenters. The lowest BCUT2D eigenvalue weighted by atomic mass is 10.00. The summed E-state index contributed by atoms with van der Waals surface area (Å²) in [5.74, 6) is 0.0121. The molecule has 3 aromatic carbocycles. The number of nitrogens with zero attached hydrogens (tertiary/aromatic N) is 2. The number of carbonyl (C=O) groups excluding carboxylic acids is 1. The number of allylic oxidation sites excluding steroid dienone is 1. The van der Waals surface area contributed by atoms with Crippen LogP contribution in [0.25, 0.3) is 5.57 Å². The van der Waals surface area contributed by atoms with E-state index in [4.69, 9.17) is 0 Å². The summed E-state index contributed by atoms with van der Waals surface area (Å²) in [6.07, 6.45) is 5.97. The molecular weight excluding hydrogens is 428 g/mol. The Bertz CT molecular complexity index is 1370. The van der Waals surface area contributed by atoms with E-state index in [-0.39, 0.29) is 5.78 Å². The van der Waals surface area contributed by atoms with Crippen LogP contribution in [-0.2, 0) is 13.1 Å². The fraction of sp³-hybridized carbons (Fsp3) is 0.0938. The van der Waals surface area contributed by atoms with E-state index < -0.39 is 0 Å². The molecule has 3 heteroatoms. The van der Waals surface area contributed by atoms with Crippen molar-refractivity contribution in [1.82, 2.24) is 9.13 Å². The number of rotatable bonds is 8. The van der Waals surface area contributed by atoms with Crippen LogP contribution in [0.3, 0.4) is 0 Å². The van der Waals surface area contributed by atoms with E-state index in [1.165, 1.54) is 11.1 Å². The van der Waals surface area contributed by atoms with Crippen LogP contribution in [0.2, 0.25) is 0 Å². The highest BCUT2D eigenvalue weighted by atomic mass is 16.1. The van der Waals surface area contributed by atoms with E-state index in [0.29, 0.717) is 0 Å². The van der Waals surface area contributed by atoms with Crippen LogP contribution >= 0.6 is 0 Å². The first-order valence-electron chi connectivity index (χ1n) is 11.9. The maximum absolute atomic E-state index is 13.5. The first-order valence-corrected chi connectivity index (χ1v) is 11.9. The molecule has 35 heavy (non-hydrogen) atoms. The monoisotopic (exact) mass is 456 g/mol. The Morgan fingerprint density at radius 3 is 1.63 bits per heavy atom. The Kier molecular flexibility index (Phi) is 6.58. The van der Waals surface area contributed by atoms with Crippen LogP contribution < -0.4 is 0 Å². The molecule has 2 aromatic heterocycles. The number of hydrogen-bond acceptors (Lipinski definition) is 1. The molecule has 0 amide bonds. The smallest absolute Gasteiger partial charge is 0.186 e. The van der Waals surface area contributed by atoms with Gasteiger partial charge in [0.2, 0.25) is 0 Å². The Hall–Kier alpha value is -4.37. The standard InChI is InChI=1S/C32H28N2O/c1-25-12-8-9-17-28(25)32(35)22-29(30-18-10-20-33(30)23-26-13-4-2-5-14-26)31-19-11-21-34(31)24-27-15-6-3-7-16-27/h2-22H,23-24H2,1H3. The van der Waals surface area contributed by atoms with E-state index in [0.717, 1.165) is 41.2 Å². The fourth-order valence-electron chi connectivity index (χ4n) is 4.49. The van der Waals surface area contributed by atoms with Gasteiger partial charge in [-0.1, -0.05) is 84.9 Å². The lowest BCUT2D eigenvalue weighted by Gasteiger charge is -2.16. The van der Waals surface area contributed by atoms with E-state index in [1.807, 2.05) is 43.3 Å². The SMILES string of the molecule is Cc1ccccc1C(=O)C=C(c1cccn1Cc1ccccc1)c1cccn1Cc1ccccc1. The van der Waals surface area contributed by atoms with E-state index in [9.17, 15) is 4.79 Å². The quantitative estimate of drug-likeness (QED) is 0.182. The minimum atomic E-state index is 0.0121. The van der Waals surface area contributed by atoms with Crippen molar-refractivity contribution < 1.29 is 4.79 Å². The van der Waals surface area contributed by atoms with Crippen molar-refractivity contribution in [2.24, 2.45) is 0 Å². The predicted octanol–water partition coefficient (Wildman–Crippen LogP) is 7.01. The van der Waals surface area contributed by atoms with Crippen molar-refractivity contribution in [2.75, 3.05) is 0 Å². The van der Waals surface area contributed by atoms with Crippen molar-refractivity contribution in [3.05, 3.63) is 161 Å². The molecule has 0 radical (unpaired) electrons. The van der Waals surface area contributed by atoms with Gasteiger partial charge in [-0.3, -0.25) is 4.79 Å². The lowest BCUT2D eigenvalue weighted by molar-refractivity contribution is 0.104. The largest absolute Gasteiger partial charge is 0.343 e. The van der Waals surface area contributed by atoms with Gasteiger partial charge in [-0.25, -0.2) is 0 Å². The average Bonchev–Trinajstić information content (AvgIpc) is 3.54. The van der Waals surface area contributed by atoms with Gasteiger partial charge in [0.1, 0.15) is 0 Å². The van der Waals surface area contributed by atoms with Gasteiger partial charge < -0.3 is 9.13 Å². The Morgan fingerprint density at radius 1 is 0.629 bits per heavy atom. The summed E-state index contributed by atoms with van der Waals surface area (Å²) < 4.78 is 4.43. The molecule has 0 saturated heterocycles. The van der Waals surface area contributed by atoms with E-state index in [1.54, 1.807) is 6.08 Å². The molecule has 0 aliphatic carbocycles. The van der Waals surface area contributed by atoms with Crippen molar-refractivity contribution in [2.45, 2.75) is 20.0 Å². The van der Waals surface area contributed by atoms with E-state index >= 15 is 0 Å². The molecule has 3 nitrogen and oxygen atoms in total. The van der Waals surface area contributed by atoms with E-state index in [2.05, 4.69) is 94.3 Å². The highest BCUT2D eigenvalue weighted by Crippen LogP contribution is 2.27. The van der Waals surface area contributed by atoms with Crippen LogP contribution in [0.5, 0.6) is 0 Å². The Morgan fingerprint density at radius 2 is 1.11 bits per heavy atom. The van der Waals surface area contributed by atoms with Crippen molar-refractivity contribution in [3.63, 3.8) is 0 Å². The second-order valence-electron chi connectivity index (χ2n) is 8.75. The molecule has 2 heterocycles. The molecule has 0 N–H and O–H groups in total. The Balaban J connectivity index is 1.60. The normalized spacial score (nSPS) is 10.8. The number of aromatic nitrogens is 2. The second kappa shape index (κ2) is 10.3. The number of aryl methyl sites for hydroxylation is 1. The summed E-state index contributed by atoms with van der Waals surface area (Å²) in [6.45, 7) is 3.45. The molecule has 0 spiro atoms. The third-order valence-electron chi connectivity index (χ3n) is 6.29. The molecule has 172 valence electrons. The summed E-state index contributed by atoms with van der Waals surface area (Å²) in [6, 6.07) is 36.9.